The monoisotopic (exact) mass is 255 g/mol. The minimum absolute atomic E-state index is 0.110. The number of hydrogen-bond acceptors (Lipinski definition) is 3. The molecule has 1 aliphatic heterocycles. The van der Waals surface area contributed by atoms with Gasteiger partial charge in [0.2, 0.25) is 0 Å². The summed E-state index contributed by atoms with van der Waals surface area (Å²) in [6.07, 6.45) is 4.36. The molecule has 1 aromatic rings. The van der Waals surface area contributed by atoms with Crippen molar-refractivity contribution in [2.45, 2.75) is 18.9 Å². The van der Waals surface area contributed by atoms with Crippen molar-refractivity contribution in [3.63, 3.8) is 0 Å². The highest BCUT2D eigenvalue weighted by atomic mass is 79.9. The van der Waals surface area contributed by atoms with Gasteiger partial charge in [0, 0.05) is 35.3 Å². The summed E-state index contributed by atoms with van der Waals surface area (Å²) in [7, 11) is 0. The normalized spacial score (nSPS) is 22.4. The highest BCUT2D eigenvalue weighted by molar-refractivity contribution is 9.10. The van der Waals surface area contributed by atoms with E-state index in [1.165, 1.54) is 0 Å². The molecule has 74 valence electrons. The molecule has 14 heavy (non-hydrogen) atoms. The summed E-state index contributed by atoms with van der Waals surface area (Å²) in [4.78, 5) is 15.3. The van der Waals surface area contributed by atoms with Crippen LogP contribution >= 0.6 is 15.9 Å². The van der Waals surface area contributed by atoms with Crippen molar-refractivity contribution in [1.82, 2.24) is 4.98 Å². The van der Waals surface area contributed by atoms with Crippen LogP contribution in [-0.2, 0) is 9.53 Å². The van der Waals surface area contributed by atoms with Gasteiger partial charge in [-0.2, -0.15) is 0 Å². The number of ether oxygens (including phenoxy) is 1. The van der Waals surface area contributed by atoms with E-state index in [-0.39, 0.29) is 11.9 Å². The Kier molecular flexibility index (Phi) is 2.93. The van der Waals surface area contributed by atoms with Crippen LogP contribution in [0.3, 0.4) is 0 Å². The maximum atomic E-state index is 11.2. The number of ketones is 1. The van der Waals surface area contributed by atoms with Crippen LogP contribution in [0.4, 0.5) is 0 Å². The molecule has 0 aromatic carbocycles. The maximum absolute atomic E-state index is 11.2. The summed E-state index contributed by atoms with van der Waals surface area (Å²) in [5.41, 5.74) is 0.965. The number of carbonyl (C=O) groups excluding carboxylic acids is 1. The predicted molar refractivity (Wildman–Crippen MR) is 54.9 cm³/mol. The summed E-state index contributed by atoms with van der Waals surface area (Å²) < 4.78 is 6.42. The number of hydrogen-bond donors (Lipinski definition) is 0. The van der Waals surface area contributed by atoms with Crippen LogP contribution in [0.5, 0.6) is 0 Å². The predicted octanol–water partition coefficient (Wildman–Crippen LogP) is 2.26. The van der Waals surface area contributed by atoms with Crippen LogP contribution in [0, 0.1) is 0 Å². The first-order chi connectivity index (χ1) is 6.75. The summed E-state index contributed by atoms with van der Waals surface area (Å²) in [6.45, 7) is 0.524. The van der Waals surface area contributed by atoms with Gasteiger partial charge in [-0.3, -0.25) is 9.78 Å². The maximum Gasteiger partial charge on any atom is 0.138 e. The van der Waals surface area contributed by atoms with Crippen LogP contribution < -0.4 is 0 Å². The van der Waals surface area contributed by atoms with Gasteiger partial charge in [-0.05, 0) is 22.0 Å². The number of Topliss-reactive ketones (excluding diaryl/α,β-unsaturated/α-hetero) is 1. The van der Waals surface area contributed by atoms with Gasteiger partial charge in [-0.25, -0.2) is 0 Å². The third kappa shape index (κ3) is 2.19. The first-order valence-electron chi connectivity index (χ1n) is 4.49. The molecule has 4 heteroatoms. The smallest absolute Gasteiger partial charge is 0.138 e. The molecule has 0 amide bonds. The molecule has 1 aromatic heterocycles. The van der Waals surface area contributed by atoms with Gasteiger partial charge in [0.15, 0.2) is 0 Å². The van der Waals surface area contributed by atoms with Gasteiger partial charge >= 0.3 is 0 Å². The molecule has 1 unspecified atom stereocenters. The molecule has 0 bridgehead atoms. The minimum Gasteiger partial charge on any atom is -0.373 e. The summed E-state index contributed by atoms with van der Waals surface area (Å²) in [6, 6.07) is 1.94. The fourth-order valence-electron chi connectivity index (χ4n) is 1.50. The summed E-state index contributed by atoms with van der Waals surface area (Å²) in [5.74, 6) is 0.265. The molecule has 0 N–H and O–H groups in total. The topological polar surface area (TPSA) is 39.2 Å². The number of halogens is 1. The standard InChI is InChI=1S/C10H10BrNO2/c11-8-3-7(5-12-6-8)10-4-9(13)1-2-14-10/h3,5-6,10H,1-2,4H2. The van der Waals surface area contributed by atoms with E-state index in [1.807, 2.05) is 6.07 Å². The fourth-order valence-corrected chi connectivity index (χ4v) is 1.88. The second-order valence-electron chi connectivity index (χ2n) is 3.29. The van der Waals surface area contributed by atoms with Gasteiger partial charge in [0.25, 0.3) is 0 Å². The van der Waals surface area contributed by atoms with Crippen molar-refractivity contribution in [1.29, 1.82) is 0 Å². The van der Waals surface area contributed by atoms with Crippen molar-refractivity contribution in [2.24, 2.45) is 0 Å². The van der Waals surface area contributed by atoms with Crippen molar-refractivity contribution < 1.29 is 9.53 Å². The van der Waals surface area contributed by atoms with E-state index >= 15 is 0 Å². The van der Waals surface area contributed by atoms with E-state index in [9.17, 15) is 4.79 Å². The first-order valence-corrected chi connectivity index (χ1v) is 5.29. The van der Waals surface area contributed by atoms with E-state index in [0.717, 1.165) is 10.0 Å². The average molecular weight is 256 g/mol. The Morgan fingerprint density at radius 2 is 2.36 bits per heavy atom. The van der Waals surface area contributed by atoms with E-state index in [2.05, 4.69) is 20.9 Å². The van der Waals surface area contributed by atoms with Gasteiger partial charge in [0.1, 0.15) is 5.78 Å². The SMILES string of the molecule is O=C1CCOC(c2cncc(Br)c2)C1. The number of aromatic nitrogens is 1. The van der Waals surface area contributed by atoms with E-state index in [0.29, 0.717) is 19.4 Å². The molecular formula is C10H10BrNO2. The van der Waals surface area contributed by atoms with Crippen LogP contribution in [0.15, 0.2) is 22.9 Å². The van der Waals surface area contributed by atoms with E-state index in [1.54, 1.807) is 12.4 Å². The Balaban J connectivity index is 2.17. The molecule has 1 saturated heterocycles. The van der Waals surface area contributed by atoms with Gasteiger partial charge < -0.3 is 4.74 Å². The van der Waals surface area contributed by atoms with Crippen molar-refractivity contribution in [3.8, 4) is 0 Å². The Morgan fingerprint density at radius 3 is 3.07 bits per heavy atom. The molecule has 2 heterocycles. The Morgan fingerprint density at radius 1 is 1.50 bits per heavy atom. The number of nitrogens with zero attached hydrogens (tertiary/aromatic N) is 1. The lowest BCUT2D eigenvalue weighted by molar-refractivity contribution is -0.128. The lowest BCUT2D eigenvalue weighted by Crippen LogP contribution is -2.19. The van der Waals surface area contributed by atoms with Crippen LogP contribution in [0.2, 0.25) is 0 Å². The second kappa shape index (κ2) is 4.19. The molecule has 2 rings (SSSR count). The molecule has 1 fully saturated rings. The zero-order valence-electron chi connectivity index (χ0n) is 7.57. The first kappa shape index (κ1) is 9.80. The zero-order valence-corrected chi connectivity index (χ0v) is 9.16. The zero-order chi connectivity index (χ0) is 9.97. The van der Waals surface area contributed by atoms with Crippen molar-refractivity contribution in [2.75, 3.05) is 6.61 Å². The molecule has 1 atom stereocenters. The minimum atomic E-state index is -0.110. The fraction of sp³-hybridized carbons (Fsp3) is 0.400. The molecular weight excluding hydrogens is 246 g/mol. The lowest BCUT2D eigenvalue weighted by atomic mass is 10.0. The molecule has 3 nitrogen and oxygen atoms in total. The molecule has 0 spiro atoms. The lowest BCUT2D eigenvalue weighted by Gasteiger charge is -2.21. The van der Waals surface area contributed by atoms with Crippen LogP contribution in [0.1, 0.15) is 24.5 Å². The van der Waals surface area contributed by atoms with Gasteiger partial charge in [-0.1, -0.05) is 0 Å². The molecule has 0 saturated carbocycles. The quantitative estimate of drug-likeness (QED) is 0.773. The molecule has 1 aliphatic rings. The van der Waals surface area contributed by atoms with Crippen molar-refractivity contribution >= 4 is 21.7 Å². The Labute approximate surface area is 90.6 Å². The number of carbonyl (C=O) groups is 1. The Hall–Kier alpha value is -0.740. The Bertz CT molecular complexity index is 354. The van der Waals surface area contributed by atoms with E-state index < -0.39 is 0 Å². The summed E-state index contributed by atoms with van der Waals surface area (Å²) in [5, 5.41) is 0. The summed E-state index contributed by atoms with van der Waals surface area (Å²) >= 11 is 3.34. The second-order valence-corrected chi connectivity index (χ2v) is 4.20. The number of pyridine rings is 1. The van der Waals surface area contributed by atoms with Gasteiger partial charge in [-0.15, -0.1) is 0 Å². The molecule has 0 radical (unpaired) electrons. The van der Waals surface area contributed by atoms with E-state index in [4.69, 9.17) is 4.74 Å². The van der Waals surface area contributed by atoms with Crippen LogP contribution in [-0.4, -0.2) is 17.4 Å². The number of rotatable bonds is 1. The average Bonchev–Trinajstić information content (AvgIpc) is 2.18. The van der Waals surface area contributed by atoms with Crippen molar-refractivity contribution in [3.05, 3.63) is 28.5 Å². The van der Waals surface area contributed by atoms with Gasteiger partial charge in [0.05, 0.1) is 12.7 Å². The highest BCUT2D eigenvalue weighted by Crippen LogP contribution is 2.26. The highest BCUT2D eigenvalue weighted by Gasteiger charge is 2.21. The molecule has 0 aliphatic carbocycles. The third-order valence-corrected chi connectivity index (χ3v) is 2.64. The largest absolute Gasteiger partial charge is 0.373 e. The third-order valence-electron chi connectivity index (χ3n) is 2.21. The van der Waals surface area contributed by atoms with Crippen LogP contribution in [0.25, 0.3) is 0 Å².